The monoisotopic (exact) mass is 263 g/mol. The standard InChI is InChI=1S/C12H13N3O2S/c1-2-17-12(16)14-7-10-8-18-11(15-10)9-3-5-13-6-4-9/h3-6,8H,2,7H2,1H3,(H,14,16). The number of ether oxygens (including phenoxy) is 1. The molecule has 0 atom stereocenters. The molecule has 2 heterocycles. The van der Waals surface area contributed by atoms with E-state index < -0.39 is 6.09 Å². The van der Waals surface area contributed by atoms with E-state index in [2.05, 4.69) is 15.3 Å². The van der Waals surface area contributed by atoms with Crippen LogP contribution in [-0.2, 0) is 11.3 Å². The summed E-state index contributed by atoms with van der Waals surface area (Å²) in [5.74, 6) is 0. The molecule has 18 heavy (non-hydrogen) atoms. The fraction of sp³-hybridized carbons (Fsp3) is 0.250. The van der Waals surface area contributed by atoms with Crippen LogP contribution in [0.5, 0.6) is 0 Å². The van der Waals surface area contributed by atoms with Crippen LogP contribution in [0.4, 0.5) is 4.79 Å². The lowest BCUT2D eigenvalue weighted by molar-refractivity contribution is 0.151. The number of hydrogen-bond donors (Lipinski definition) is 1. The summed E-state index contributed by atoms with van der Waals surface area (Å²) >= 11 is 1.54. The number of hydrogen-bond acceptors (Lipinski definition) is 5. The molecule has 0 unspecified atom stereocenters. The van der Waals surface area contributed by atoms with Crippen LogP contribution < -0.4 is 5.32 Å². The molecule has 94 valence electrons. The molecule has 0 saturated heterocycles. The summed E-state index contributed by atoms with van der Waals surface area (Å²) in [7, 11) is 0. The van der Waals surface area contributed by atoms with Gasteiger partial charge < -0.3 is 10.1 Å². The van der Waals surface area contributed by atoms with E-state index in [1.54, 1.807) is 19.3 Å². The maximum atomic E-state index is 11.1. The number of alkyl carbamates (subject to hydrolysis) is 1. The van der Waals surface area contributed by atoms with Gasteiger partial charge in [0.25, 0.3) is 0 Å². The predicted molar refractivity (Wildman–Crippen MR) is 69.2 cm³/mol. The fourth-order valence-electron chi connectivity index (χ4n) is 1.36. The summed E-state index contributed by atoms with van der Waals surface area (Å²) in [5, 5.41) is 5.47. The van der Waals surface area contributed by atoms with E-state index in [-0.39, 0.29) is 0 Å². The topological polar surface area (TPSA) is 64.1 Å². The Morgan fingerprint density at radius 1 is 1.44 bits per heavy atom. The minimum absolute atomic E-state index is 0.366. The minimum Gasteiger partial charge on any atom is -0.450 e. The Kier molecular flexibility index (Phi) is 4.25. The van der Waals surface area contributed by atoms with Gasteiger partial charge in [-0.25, -0.2) is 9.78 Å². The summed E-state index contributed by atoms with van der Waals surface area (Å²) in [6.45, 7) is 2.51. The zero-order chi connectivity index (χ0) is 12.8. The molecule has 0 fully saturated rings. The molecule has 2 aromatic heterocycles. The largest absolute Gasteiger partial charge is 0.450 e. The second-order valence-electron chi connectivity index (χ2n) is 3.45. The first-order valence-electron chi connectivity index (χ1n) is 5.55. The molecule has 0 spiro atoms. The van der Waals surface area contributed by atoms with Crippen molar-refractivity contribution >= 4 is 17.4 Å². The van der Waals surface area contributed by atoms with Crippen LogP contribution in [0.15, 0.2) is 29.9 Å². The lowest BCUT2D eigenvalue weighted by Crippen LogP contribution is -2.23. The molecular weight excluding hydrogens is 250 g/mol. The highest BCUT2D eigenvalue weighted by atomic mass is 32.1. The summed E-state index contributed by atoms with van der Waals surface area (Å²) in [5.41, 5.74) is 1.84. The molecule has 6 heteroatoms. The molecule has 2 rings (SSSR count). The van der Waals surface area contributed by atoms with Crippen LogP contribution in [0.3, 0.4) is 0 Å². The summed E-state index contributed by atoms with van der Waals surface area (Å²) in [4.78, 5) is 19.5. The minimum atomic E-state index is -0.420. The zero-order valence-corrected chi connectivity index (χ0v) is 10.7. The summed E-state index contributed by atoms with van der Waals surface area (Å²) in [6.07, 6.45) is 3.04. The van der Waals surface area contributed by atoms with E-state index in [0.717, 1.165) is 16.3 Å². The van der Waals surface area contributed by atoms with Crippen LogP contribution in [0.2, 0.25) is 0 Å². The quantitative estimate of drug-likeness (QED) is 0.920. The molecule has 0 radical (unpaired) electrons. The van der Waals surface area contributed by atoms with Gasteiger partial charge in [0.2, 0.25) is 0 Å². The number of carbonyl (C=O) groups excluding carboxylic acids is 1. The first kappa shape index (κ1) is 12.5. The molecular formula is C12H13N3O2S. The first-order chi connectivity index (χ1) is 8.79. The molecule has 2 aromatic rings. The number of nitrogens with zero attached hydrogens (tertiary/aromatic N) is 2. The van der Waals surface area contributed by atoms with Gasteiger partial charge >= 0.3 is 6.09 Å². The molecule has 1 amide bonds. The Balaban J connectivity index is 1.97. The Bertz CT molecular complexity index is 513. The molecule has 0 saturated carbocycles. The van der Waals surface area contributed by atoms with Crippen molar-refractivity contribution in [3.8, 4) is 10.6 Å². The molecule has 0 aliphatic carbocycles. The number of nitrogens with one attached hydrogen (secondary N) is 1. The second kappa shape index (κ2) is 6.11. The zero-order valence-electron chi connectivity index (χ0n) is 9.92. The van der Waals surface area contributed by atoms with E-state index in [9.17, 15) is 4.79 Å². The van der Waals surface area contributed by atoms with Crippen molar-refractivity contribution in [2.75, 3.05) is 6.61 Å². The van der Waals surface area contributed by atoms with Crippen molar-refractivity contribution in [2.45, 2.75) is 13.5 Å². The fourth-order valence-corrected chi connectivity index (χ4v) is 2.19. The molecule has 0 aromatic carbocycles. The Morgan fingerprint density at radius 2 is 2.22 bits per heavy atom. The maximum absolute atomic E-state index is 11.1. The van der Waals surface area contributed by atoms with Gasteiger partial charge in [-0.15, -0.1) is 11.3 Å². The van der Waals surface area contributed by atoms with Gasteiger partial charge in [0.1, 0.15) is 5.01 Å². The molecule has 5 nitrogen and oxygen atoms in total. The number of carbonyl (C=O) groups is 1. The smallest absolute Gasteiger partial charge is 0.407 e. The van der Waals surface area contributed by atoms with Crippen LogP contribution in [-0.4, -0.2) is 22.7 Å². The third-order valence-electron chi connectivity index (χ3n) is 2.17. The predicted octanol–water partition coefficient (Wildman–Crippen LogP) is 2.45. The highest BCUT2D eigenvalue weighted by Crippen LogP contribution is 2.22. The van der Waals surface area contributed by atoms with E-state index in [4.69, 9.17) is 4.74 Å². The van der Waals surface area contributed by atoms with Gasteiger partial charge in [-0.2, -0.15) is 0 Å². The molecule has 0 bridgehead atoms. The van der Waals surface area contributed by atoms with Gasteiger partial charge in [0.15, 0.2) is 0 Å². The van der Waals surface area contributed by atoms with Crippen LogP contribution >= 0.6 is 11.3 Å². The van der Waals surface area contributed by atoms with Crippen molar-refractivity contribution in [3.05, 3.63) is 35.6 Å². The van der Waals surface area contributed by atoms with Gasteiger partial charge in [0.05, 0.1) is 18.8 Å². The Hall–Kier alpha value is -1.95. The van der Waals surface area contributed by atoms with E-state index >= 15 is 0 Å². The molecule has 0 aliphatic rings. The lowest BCUT2D eigenvalue weighted by atomic mass is 10.3. The average Bonchev–Trinajstić information content (AvgIpc) is 2.87. The van der Waals surface area contributed by atoms with Crippen molar-refractivity contribution in [3.63, 3.8) is 0 Å². The van der Waals surface area contributed by atoms with Crippen molar-refractivity contribution < 1.29 is 9.53 Å². The van der Waals surface area contributed by atoms with E-state index in [1.165, 1.54) is 11.3 Å². The maximum Gasteiger partial charge on any atom is 0.407 e. The highest BCUT2D eigenvalue weighted by molar-refractivity contribution is 7.13. The van der Waals surface area contributed by atoms with E-state index in [0.29, 0.717) is 13.2 Å². The normalized spacial score (nSPS) is 10.1. The first-order valence-corrected chi connectivity index (χ1v) is 6.43. The highest BCUT2D eigenvalue weighted by Gasteiger charge is 2.06. The van der Waals surface area contributed by atoms with Gasteiger partial charge in [-0.05, 0) is 19.1 Å². The second-order valence-corrected chi connectivity index (χ2v) is 4.31. The molecule has 1 N–H and O–H groups in total. The number of aromatic nitrogens is 2. The van der Waals surface area contributed by atoms with Crippen molar-refractivity contribution in [1.29, 1.82) is 0 Å². The van der Waals surface area contributed by atoms with Crippen LogP contribution in [0.1, 0.15) is 12.6 Å². The number of thiazole rings is 1. The number of pyridine rings is 1. The average molecular weight is 263 g/mol. The Labute approximate surface area is 109 Å². The van der Waals surface area contributed by atoms with Gasteiger partial charge in [-0.1, -0.05) is 0 Å². The summed E-state index contributed by atoms with van der Waals surface area (Å²) < 4.78 is 4.77. The SMILES string of the molecule is CCOC(=O)NCc1csc(-c2ccncc2)n1. The lowest BCUT2D eigenvalue weighted by Gasteiger charge is -2.02. The van der Waals surface area contributed by atoms with Crippen LogP contribution in [0, 0.1) is 0 Å². The van der Waals surface area contributed by atoms with Crippen molar-refractivity contribution in [1.82, 2.24) is 15.3 Å². The van der Waals surface area contributed by atoms with Crippen molar-refractivity contribution in [2.24, 2.45) is 0 Å². The third-order valence-corrected chi connectivity index (χ3v) is 3.11. The Morgan fingerprint density at radius 3 is 2.94 bits per heavy atom. The van der Waals surface area contributed by atoms with Gasteiger partial charge in [-0.3, -0.25) is 4.98 Å². The van der Waals surface area contributed by atoms with Gasteiger partial charge in [0, 0.05) is 23.3 Å². The van der Waals surface area contributed by atoms with E-state index in [1.807, 2.05) is 17.5 Å². The number of rotatable bonds is 4. The molecule has 0 aliphatic heterocycles. The number of amides is 1. The third kappa shape index (κ3) is 3.27. The summed E-state index contributed by atoms with van der Waals surface area (Å²) in [6, 6.07) is 3.81. The van der Waals surface area contributed by atoms with Crippen LogP contribution in [0.25, 0.3) is 10.6 Å².